The number of aliphatic hydroxyl groups excluding tert-OH is 1. The molecule has 0 heterocycles. The Morgan fingerprint density at radius 3 is 2.41 bits per heavy atom. The molecule has 0 unspecified atom stereocenters. The third-order valence-electron chi connectivity index (χ3n) is 2.57. The number of unbranched alkanes of at least 4 members (excludes halogenated alkanes) is 1. The maximum Gasteiger partial charge on any atom is 0.0894 e. The van der Waals surface area contributed by atoms with E-state index in [-0.39, 0.29) is 5.76 Å². The third-order valence-corrected chi connectivity index (χ3v) is 2.57. The highest BCUT2D eigenvalue weighted by atomic mass is 16.3. The predicted octanol–water partition coefficient (Wildman–Crippen LogP) is 6.09. The van der Waals surface area contributed by atoms with Crippen molar-refractivity contribution in [2.75, 3.05) is 0 Å². The number of terminal acetylenes is 1. The molecule has 120 valence electrons. The molecule has 0 radical (unpaired) electrons. The van der Waals surface area contributed by atoms with E-state index in [1.165, 1.54) is 17.5 Å². The minimum atomic E-state index is 0.226. The molecule has 0 saturated heterocycles. The molecule has 1 aromatic rings. The number of rotatable bonds is 4. The van der Waals surface area contributed by atoms with Gasteiger partial charge in [-0.05, 0) is 44.4 Å². The van der Waals surface area contributed by atoms with E-state index in [0.29, 0.717) is 6.42 Å². The maximum atomic E-state index is 9.03. The zero-order chi connectivity index (χ0) is 17.4. The highest BCUT2D eigenvalue weighted by molar-refractivity contribution is 5.32. The monoisotopic (exact) mass is 298 g/mol. The third kappa shape index (κ3) is 14.2. The van der Waals surface area contributed by atoms with Gasteiger partial charge < -0.3 is 5.11 Å². The molecule has 0 aliphatic rings. The van der Waals surface area contributed by atoms with Crippen LogP contribution in [0, 0.1) is 26.2 Å². The summed E-state index contributed by atoms with van der Waals surface area (Å²) in [6.45, 7) is 14.9. The number of aryl methyl sites for hydroxylation is 2. The van der Waals surface area contributed by atoms with Gasteiger partial charge in [0.15, 0.2) is 0 Å². The first-order valence-electron chi connectivity index (χ1n) is 7.53. The van der Waals surface area contributed by atoms with Crippen molar-refractivity contribution in [1.82, 2.24) is 0 Å². The quantitative estimate of drug-likeness (QED) is 0.405. The Balaban J connectivity index is 0. The second-order valence-electron chi connectivity index (χ2n) is 4.94. The van der Waals surface area contributed by atoms with E-state index in [2.05, 4.69) is 44.2 Å². The van der Waals surface area contributed by atoms with Gasteiger partial charge in [-0.2, -0.15) is 0 Å². The maximum absolute atomic E-state index is 9.03. The Morgan fingerprint density at radius 1 is 1.36 bits per heavy atom. The second-order valence-corrected chi connectivity index (χ2v) is 4.94. The summed E-state index contributed by atoms with van der Waals surface area (Å²) in [5.74, 6) is 2.65. The fraction of sp³-hybridized carbons (Fsp3) is 0.333. The molecule has 0 saturated carbocycles. The van der Waals surface area contributed by atoms with Crippen LogP contribution in [0.5, 0.6) is 0 Å². The SMILES string of the molecule is C#C/C=C/CCC.C=C(O)Cc1cc(C)ccc1C.C=CC. The first-order valence-corrected chi connectivity index (χ1v) is 7.53. The smallest absolute Gasteiger partial charge is 0.0894 e. The Hall–Kier alpha value is -2.20. The van der Waals surface area contributed by atoms with Gasteiger partial charge in [0, 0.05) is 6.42 Å². The highest BCUT2D eigenvalue weighted by Crippen LogP contribution is 2.13. The fourth-order valence-corrected chi connectivity index (χ4v) is 1.53. The van der Waals surface area contributed by atoms with Crippen LogP contribution >= 0.6 is 0 Å². The minimum Gasteiger partial charge on any atom is -0.513 e. The van der Waals surface area contributed by atoms with E-state index in [0.717, 1.165) is 12.0 Å². The second kappa shape index (κ2) is 15.2. The van der Waals surface area contributed by atoms with Gasteiger partial charge in [0.25, 0.3) is 0 Å². The number of benzene rings is 1. The van der Waals surface area contributed by atoms with Crippen LogP contribution in [-0.2, 0) is 6.42 Å². The molecule has 1 rings (SSSR count). The van der Waals surface area contributed by atoms with Gasteiger partial charge in [-0.3, -0.25) is 0 Å². The molecule has 0 fully saturated rings. The van der Waals surface area contributed by atoms with E-state index < -0.39 is 0 Å². The lowest BCUT2D eigenvalue weighted by molar-refractivity contribution is 0.401. The van der Waals surface area contributed by atoms with Crippen LogP contribution in [0.4, 0.5) is 0 Å². The summed E-state index contributed by atoms with van der Waals surface area (Å²) in [5, 5.41) is 9.03. The zero-order valence-electron chi connectivity index (χ0n) is 14.5. The molecule has 0 aliphatic carbocycles. The summed E-state index contributed by atoms with van der Waals surface area (Å²) in [4.78, 5) is 0. The van der Waals surface area contributed by atoms with Gasteiger partial charge in [0.2, 0.25) is 0 Å². The van der Waals surface area contributed by atoms with Crippen molar-refractivity contribution < 1.29 is 5.11 Å². The summed E-state index contributed by atoms with van der Waals surface area (Å²) in [6.07, 6.45) is 13.3. The molecular weight excluding hydrogens is 268 g/mol. The van der Waals surface area contributed by atoms with Crippen LogP contribution in [0.1, 0.15) is 43.4 Å². The van der Waals surface area contributed by atoms with Crippen molar-refractivity contribution in [1.29, 1.82) is 0 Å². The summed E-state index contributed by atoms with van der Waals surface area (Å²) < 4.78 is 0. The standard InChI is InChI=1S/C11H14O.C7H10.C3H6/c1-8-4-5-9(2)11(6-8)7-10(3)12;1-3-5-7-6-4-2;1-3-2/h4-6,12H,3,7H2,1-2H3;1,5,7H,4,6H2,2H3;3H,1H2,2H3/b;7-5+;. The van der Waals surface area contributed by atoms with E-state index in [1.807, 2.05) is 26.8 Å². The Morgan fingerprint density at radius 2 is 1.95 bits per heavy atom. The predicted molar refractivity (Wildman–Crippen MR) is 100 cm³/mol. The molecule has 1 aromatic carbocycles. The van der Waals surface area contributed by atoms with E-state index in [1.54, 1.807) is 12.2 Å². The molecule has 0 aromatic heterocycles. The molecule has 1 nitrogen and oxygen atoms in total. The highest BCUT2D eigenvalue weighted by Gasteiger charge is 1.99. The topological polar surface area (TPSA) is 20.2 Å². The van der Waals surface area contributed by atoms with Gasteiger partial charge in [-0.25, -0.2) is 0 Å². The van der Waals surface area contributed by atoms with Gasteiger partial charge in [0.1, 0.15) is 0 Å². The molecule has 0 spiro atoms. The lowest BCUT2D eigenvalue weighted by Gasteiger charge is -2.05. The molecule has 0 aliphatic heterocycles. The van der Waals surface area contributed by atoms with Crippen molar-refractivity contribution >= 4 is 0 Å². The summed E-state index contributed by atoms with van der Waals surface area (Å²) in [7, 11) is 0. The van der Waals surface area contributed by atoms with Crippen molar-refractivity contribution in [2.45, 2.75) is 47.0 Å². The average Bonchev–Trinajstić information content (AvgIpc) is 2.45. The van der Waals surface area contributed by atoms with Crippen LogP contribution in [-0.4, -0.2) is 5.11 Å². The van der Waals surface area contributed by atoms with Crippen LogP contribution in [0.15, 0.2) is 55.3 Å². The molecule has 0 atom stereocenters. The number of allylic oxidation sites excluding steroid dienone is 4. The van der Waals surface area contributed by atoms with Gasteiger partial charge in [-0.1, -0.05) is 61.8 Å². The molecule has 0 bridgehead atoms. The van der Waals surface area contributed by atoms with Crippen molar-refractivity contribution in [3.05, 3.63) is 72.0 Å². The first kappa shape index (κ1) is 22.1. The Kier molecular flexibility index (Phi) is 15.3. The minimum absolute atomic E-state index is 0.226. The van der Waals surface area contributed by atoms with Crippen LogP contribution in [0.3, 0.4) is 0 Å². The number of hydrogen-bond acceptors (Lipinski definition) is 1. The summed E-state index contributed by atoms with van der Waals surface area (Å²) in [6, 6.07) is 6.21. The van der Waals surface area contributed by atoms with Crippen LogP contribution < -0.4 is 0 Å². The van der Waals surface area contributed by atoms with Crippen molar-refractivity contribution in [3.63, 3.8) is 0 Å². The Bertz CT molecular complexity index is 501. The van der Waals surface area contributed by atoms with Crippen molar-refractivity contribution in [3.8, 4) is 12.3 Å². The average molecular weight is 298 g/mol. The fourth-order valence-electron chi connectivity index (χ4n) is 1.53. The van der Waals surface area contributed by atoms with Gasteiger partial charge >= 0.3 is 0 Å². The number of hydrogen-bond donors (Lipinski definition) is 1. The van der Waals surface area contributed by atoms with Crippen molar-refractivity contribution in [2.24, 2.45) is 0 Å². The van der Waals surface area contributed by atoms with Gasteiger partial charge in [0.05, 0.1) is 5.76 Å². The number of aliphatic hydroxyl groups is 1. The largest absolute Gasteiger partial charge is 0.513 e. The van der Waals surface area contributed by atoms with Gasteiger partial charge in [-0.15, -0.1) is 13.0 Å². The summed E-state index contributed by atoms with van der Waals surface area (Å²) in [5.41, 5.74) is 3.58. The molecule has 22 heavy (non-hydrogen) atoms. The molecule has 1 N–H and O–H groups in total. The summed E-state index contributed by atoms with van der Waals surface area (Å²) >= 11 is 0. The molecule has 0 amide bonds. The van der Waals surface area contributed by atoms with E-state index >= 15 is 0 Å². The van der Waals surface area contributed by atoms with E-state index in [4.69, 9.17) is 11.5 Å². The van der Waals surface area contributed by atoms with Crippen LogP contribution in [0.2, 0.25) is 0 Å². The lowest BCUT2D eigenvalue weighted by atomic mass is 10.0. The first-order chi connectivity index (χ1) is 10.4. The van der Waals surface area contributed by atoms with Crippen LogP contribution in [0.25, 0.3) is 0 Å². The Labute approximate surface area is 137 Å². The van der Waals surface area contributed by atoms with E-state index in [9.17, 15) is 0 Å². The normalized spacial score (nSPS) is 8.86. The lowest BCUT2D eigenvalue weighted by Crippen LogP contribution is -1.92. The zero-order valence-corrected chi connectivity index (χ0v) is 14.5. The molecular formula is C21H30O. The molecule has 1 heteroatoms.